The average molecular weight is 461 g/mol. The Hall–Kier alpha value is -0.460. The molecule has 1 aromatic carbocycles. The molecule has 23 heavy (non-hydrogen) atoms. The van der Waals surface area contributed by atoms with E-state index in [0.717, 1.165) is 29.4 Å². The molecule has 0 radical (unpaired) electrons. The summed E-state index contributed by atoms with van der Waals surface area (Å²) >= 11 is 8.66. The van der Waals surface area contributed by atoms with Crippen molar-refractivity contribution >= 4 is 49.4 Å². The minimum Gasteiger partial charge on any atom is -0.506 e. The number of allylic oxidation sites excluding steroid dienone is 2. The predicted octanol–water partition coefficient (Wildman–Crippen LogP) is 5.44. The summed E-state index contributed by atoms with van der Waals surface area (Å²) in [6, 6.07) is 1.75. The van der Waals surface area contributed by atoms with Crippen LogP contribution in [0.1, 0.15) is 42.6 Å². The van der Waals surface area contributed by atoms with Crippen LogP contribution in [0.15, 0.2) is 25.6 Å². The Morgan fingerprint density at radius 3 is 2.74 bits per heavy atom. The van der Waals surface area contributed by atoms with Gasteiger partial charge in [0.25, 0.3) is 0 Å². The number of ketones is 1. The van der Waals surface area contributed by atoms with E-state index >= 15 is 0 Å². The second-order valence-electron chi connectivity index (χ2n) is 6.15. The second-order valence-corrected chi connectivity index (χ2v) is 9.13. The minimum absolute atomic E-state index is 0.0357. The van der Waals surface area contributed by atoms with E-state index in [1.807, 2.05) is 6.92 Å². The highest BCUT2D eigenvalue weighted by Crippen LogP contribution is 2.47. The molecule has 6 heteroatoms. The third kappa shape index (κ3) is 2.87. The first-order chi connectivity index (χ1) is 10.8. The number of nitrogens with zero attached hydrogens (tertiary/aromatic N) is 1. The smallest absolute Gasteiger partial charge is 0.172 e. The third-order valence-electron chi connectivity index (χ3n) is 4.83. The van der Waals surface area contributed by atoms with Gasteiger partial charge in [-0.25, -0.2) is 0 Å². The zero-order chi connectivity index (χ0) is 16.9. The number of piperidine rings is 1. The van der Waals surface area contributed by atoms with Crippen LogP contribution in [-0.4, -0.2) is 27.7 Å². The van der Waals surface area contributed by atoms with Gasteiger partial charge < -0.3 is 10.0 Å². The first kappa shape index (κ1) is 17.4. The largest absolute Gasteiger partial charge is 0.506 e. The van der Waals surface area contributed by atoms with Crippen molar-refractivity contribution in [2.75, 3.05) is 6.54 Å². The molecule has 0 spiro atoms. The molecule has 0 bridgehead atoms. The number of phenols is 1. The summed E-state index contributed by atoms with van der Waals surface area (Å²) in [5.74, 6) is -0.000574. The number of phenolic OH excluding ortho intramolecular Hbond substituents is 1. The van der Waals surface area contributed by atoms with E-state index < -0.39 is 0 Å². The van der Waals surface area contributed by atoms with Crippen molar-refractivity contribution in [2.45, 2.75) is 39.0 Å². The molecule has 3 nitrogen and oxygen atoms in total. The Morgan fingerprint density at radius 2 is 2.04 bits per heavy atom. The average Bonchev–Trinajstić information content (AvgIpc) is 2.83. The summed E-state index contributed by atoms with van der Waals surface area (Å²) in [6.07, 6.45) is 1.88. The number of fused-ring (bicyclic) bond motifs is 1. The van der Waals surface area contributed by atoms with E-state index in [-0.39, 0.29) is 22.8 Å². The van der Waals surface area contributed by atoms with Crippen molar-refractivity contribution < 1.29 is 9.90 Å². The van der Waals surface area contributed by atoms with Crippen molar-refractivity contribution in [2.24, 2.45) is 5.92 Å². The highest BCUT2D eigenvalue weighted by atomic mass is 79.9. The van der Waals surface area contributed by atoms with Gasteiger partial charge in [0.1, 0.15) is 5.75 Å². The van der Waals surface area contributed by atoms with Crippen LogP contribution in [0, 0.1) is 12.8 Å². The quantitative estimate of drug-likeness (QED) is 0.596. The highest BCUT2D eigenvalue weighted by molar-refractivity contribution is 9.11. The highest BCUT2D eigenvalue weighted by Gasteiger charge is 2.41. The van der Waals surface area contributed by atoms with Gasteiger partial charge in [0.15, 0.2) is 5.78 Å². The standard InChI is InChI=1S/C17H19Br2NO2S/c1-8-13(18)7-12(16(22)14(8)19)15(21)11-5-4-6-20-9(2)10(3)23-17(11)20/h7,11,17,22H,4-6H2,1-3H3. The van der Waals surface area contributed by atoms with Crippen LogP contribution in [0.3, 0.4) is 0 Å². The molecule has 0 amide bonds. The van der Waals surface area contributed by atoms with Crippen LogP contribution in [0.25, 0.3) is 0 Å². The van der Waals surface area contributed by atoms with Crippen molar-refractivity contribution in [3.63, 3.8) is 0 Å². The fraction of sp³-hybridized carbons (Fsp3) is 0.471. The van der Waals surface area contributed by atoms with Gasteiger partial charge in [0.05, 0.1) is 21.3 Å². The van der Waals surface area contributed by atoms with Crippen molar-refractivity contribution in [1.82, 2.24) is 4.90 Å². The molecule has 2 aliphatic rings. The van der Waals surface area contributed by atoms with Crippen LogP contribution < -0.4 is 0 Å². The zero-order valence-corrected chi connectivity index (χ0v) is 17.3. The van der Waals surface area contributed by atoms with Crippen LogP contribution in [-0.2, 0) is 0 Å². The number of halogens is 2. The number of hydrogen-bond acceptors (Lipinski definition) is 4. The van der Waals surface area contributed by atoms with Crippen molar-refractivity contribution in [1.29, 1.82) is 0 Å². The third-order valence-corrected chi connectivity index (χ3v) is 8.09. The molecule has 0 aliphatic carbocycles. The number of carbonyl (C=O) groups is 1. The van der Waals surface area contributed by atoms with Gasteiger partial charge in [0.2, 0.25) is 0 Å². The first-order valence-corrected chi connectivity index (χ1v) is 10.1. The van der Waals surface area contributed by atoms with Crippen LogP contribution in [0.4, 0.5) is 0 Å². The molecule has 1 saturated heterocycles. The topological polar surface area (TPSA) is 40.5 Å². The summed E-state index contributed by atoms with van der Waals surface area (Å²) in [5.41, 5.74) is 2.59. The van der Waals surface area contributed by atoms with Gasteiger partial charge in [-0.1, -0.05) is 15.9 Å². The van der Waals surface area contributed by atoms with E-state index in [0.29, 0.717) is 10.0 Å². The summed E-state index contributed by atoms with van der Waals surface area (Å²) in [5, 5.41) is 10.6. The molecule has 1 aromatic rings. The van der Waals surface area contributed by atoms with Crippen molar-refractivity contribution in [3.8, 4) is 5.75 Å². The molecule has 0 saturated carbocycles. The first-order valence-electron chi connectivity index (χ1n) is 7.65. The lowest BCUT2D eigenvalue weighted by molar-refractivity contribution is 0.0825. The number of benzene rings is 1. The molecule has 2 heterocycles. The maximum Gasteiger partial charge on any atom is 0.172 e. The molecular formula is C17H19Br2NO2S. The molecule has 124 valence electrons. The second kappa shape index (κ2) is 6.45. The van der Waals surface area contributed by atoms with Gasteiger partial charge in [-0.15, -0.1) is 11.8 Å². The van der Waals surface area contributed by atoms with Crippen LogP contribution in [0.2, 0.25) is 0 Å². The number of carbonyl (C=O) groups excluding carboxylic acids is 1. The van der Waals surface area contributed by atoms with E-state index in [1.165, 1.54) is 10.6 Å². The maximum atomic E-state index is 13.1. The Balaban J connectivity index is 1.95. The van der Waals surface area contributed by atoms with Gasteiger partial charge in [-0.05, 0) is 61.2 Å². The minimum atomic E-state index is -0.0893. The van der Waals surface area contributed by atoms with Gasteiger partial charge in [-0.3, -0.25) is 4.79 Å². The molecule has 2 unspecified atom stereocenters. The predicted molar refractivity (Wildman–Crippen MR) is 102 cm³/mol. The maximum absolute atomic E-state index is 13.1. The van der Waals surface area contributed by atoms with Gasteiger partial charge in [0, 0.05) is 21.6 Å². The van der Waals surface area contributed by atoms with Gasteiger partial charge in [-0.2, -0.15) is 0 Å². The fourth-order valence-corrected chi connectivity index (χ4v) is 5.88. The fourth-order valence-electron chi connectivity index (χ4n) is 3.29. The molecule has 1 N–H and O–H groups in total. The lowest BCUT2D eigenvalue weighted by Crippen LogP contribution is -2.42. The summed E-state index contributed by atoms with van der Waals surface area (Å²) in [7, 11) is 0. The molecular weight excluding hydrogens is 442 g/mol. The summed E-state index contributed by atoms with van der Waals surface area (Å²) in [6.45, 7) is 7.16. The number of rotatable bonds is 2. The molecule has 0 aromatic heterocycles. The number of aromatic hydroxyl groups is 1. The van der Waals surface area contributed by atoms with Crippen molar-refractivity contribution in [3.05, 3.63) is 36.7 Å². The van der Waals surface area contributed by atoms with E-state index in [4.69, 9.17) is 0 Å². The Morgan fingerprint density at radius 1 is 1.35 bits per heavy atom. The number of Topliss-reactive ketones (excluding diaryl/α,β-unsaturated/α-hetero) is 1. The number of hydrogen-bond donors (Lipinski definition) is 1. The Bertz CT molecular complexity index is 717. The normalized spacial score (nSPS) is 24.1. The summed E-state index contributed by atoms with van der Waals surface area (Å²) < 4.78 is 1.43. The zero-order valence-electron chi connectivity index (χ0n) is 13.3. The van der Waals surface area contributed by atoms with E-state index in [1.54, 1.807) is 17.8 Å². The van der Waals surface area contributed by atoms with Crippen LogP contribution >= 0.6 is 43.6 Å². The Labute approximate surface area is 157 Å². The monoisotopic (exact) mass is 459 g/mol. The molecule has 2 aliphatic heterocycles. The lowest BCUT2D eigenvalue weighted by atomic mass is 9.88. The Kier molecular flexibility index (Phi) is 4.87. The van der Waals surface area contributed by atoms with Gasteiger partial charge >= 0.3 is 0 Å². The van der Waals surface area contributed by atoms with E-state index in [9.17, 15) is 9.90 Å². The SMILES string of the molecule is CC1=C(C)N2CCCC(C(=O)c3cc(Br)c(C)c(Br)c3O)C2S1. The molecule has 1 fully saturated rings. The summed E-state index contributed by atoms with van der Waals surface area (Å²) in [4.78, 5) is 16.8. The number of thioether (sulfide) groups is 1. The van der Waals surface area contributed by atoms with Crippen LogP contribution in [0.5, 0.6) is 5.75 Å². The van der Waals surface area contributed by atoms with E-state index in [2.05, 4.69) is 50.6 Å². The molecule has 3 rings (SSSR count). The lowest BCUT2D eigenvalue weighted by Gasteiger charge is -2.37. The molecule has 2 atom stereocenters.